The first-order chi connectivity index (χ1) is 15.9. The maximum Gasteiger partial charge on any atom is 0.267 e. The molecule has 4 rings (SSSR count). The standard InChI is InChI=1S/C22H25ClFN7OS/c1-14-4-3-5-16(23)20(14)29-21(32)17-13-25-22(33-17)28-18-12-19(27-15(2)26-18)31-10-8-30(7-6-24)9-11-31/h3-5,12-13H,6-11H2,1-2H3,(H,29,32)(H,25,26,27,28)/i24-1. The number of amides is 1. The smallest absolute Gasteiger partial charge is 0.267 e. The molecule has 0 saturated carbocycles. The van der Waals surface area contributed by atoms with Crippen molar-refractivity contribution in [3.63, 3.8) is 0 Å². The molecule has 1 aliphatic rings. The number of anilines is 4. The zero-order chi connectivity index (χ0) is 23.4. The molecule has 1 aliphatic heterocycles. The van der Waals surface area contributed by atoms with Crippen molar-refractivity contribution in [2.45, 2.75) is 13.8 Å². The molecule has 0 aliphatic carbocycles. The highest BCUT2D eigenvalue weighted by atomic mass is 35.5. The van der Waals surface area contributed by atoms with Gasteiger partial charge in [0.1, 0.15) is 29.0 Å². The van der Waals surface area contributed by atoms with Gasteiger partial charge in [-0.2, -0.15) is 0 Å². The van der Waals surface area contributed by atoms with Gasteiger partial charge in [-0.05, 0) is 25.5 Å². The fourth-order valence-electron chi connectivity index (χ4n) is 3.61. The summed E-state index contributed by atoms with van der Waals surface area (Å²) in [4.78, 5) is 30.7. The van der Waals surface area contributed by atoms with Crippen molar-refractivity contribution < 1.29 is 9.18 Å². The number of para-hydroxylation sites is 1. The zero-order valence-corrected chi connectivity index (χ0v) is 20.0. The van der Waals surface area contributed by atoms with Gasteiger partial charge in [0.15, 0.2) is 5.13 Å². The van der Waals surface area contributed by atoms with Crippen molar-refractivity contribution in [1.82, 2.24) is 19.9 Å². The van der Waals surface area contributed by atoms with E-state index in [2.05, 4.69) is 35.4 Å². The van der Waals surface area contributed by atoms with Crippen LogP contribution in [0.15, 0.2) is 30.5 Å². The van der Waals surface area contributed by atoms with Crippen LogP contribution in [0.1, 0.15) is 21.1 Å². The van der Waals surface area contributed by atoms with Crippen LogP contribution in [0.25, 0.3) is 0 Å². The lowest BCUT2D eigenvalue weighted by molar-refractivity contribution is 0.103. The van der Waals surface area contributed by atoms with E-state index in [0.717, 1.165) is 37.6 Å². The summed E-state index contributed by atoms with van der Waals surface area (Å²) >= 11 is 7.44. The van der Waals surface area contributed by atoms with E-state index in [1.807, 2.05) is 32.0 Å². The predicted octanol–water partition coefficient (Wildman–Crippen LogP) is 4.29. The lowest BCUT2D eigenvalue weighted by Gasteiger charge is -2.35. The number of nitrogens with one attached hydrogen (secondary N) is 2. The number of aromatic nitrogens is 3. The van der Waals surface area contributed by atoms with Crippen LogP contribution in [-0.4, -0.2) is 65.2 Å². The third kappa shape index (κ3) is 5.76. The highest BCUT2D eigenvalue weighted by molar-refractivity contribution is 7.17. The first-order valence-electron chi connectivity index (χ1n) is 10.6. The number of aryl methyl sites for hydroxylation is 2. The number of halogens is 2. The third-order valence-electron chi connectivity index (χ3n) is 5.35. The summed E-state index contributed by atoms with van der Waals surface area (Å²) in [5.74, 6) is 1.77. The lowest BCUT2D eigenvalue weighted by Crippen LogP contribution is -2.47. The molecule has 1 fully saturated rings. The van der Waals surface area contributed by atoms with Gasteiger partial charge in [-0.1, -0.05) is 35.1 Å². The number of hydrogen-bond donors (Lipinski definition) is 2. The minimum atomic E-state index is -0.327. The Balaban J connectivity index is 1.43. The van der Waals surface area contributed by atoms with E-state index in [9.17, 15) is 9.18 Å². The number of rotatable bonds is 7. The van der Waals surface area contributed by atoms with E-state index in [1.54, 1.807) is 6.07 Å². The summed E-state index contributed by atoms with van der Waals surface area (Å²) in [5.41, 5.74) is 1.47. The van der Waals surface area contributed by atoms with Crippen LogP contribution >= 0.6 is 22.9 Å². The highest BCUT2D eigenvalue weighted by Crippen LogP contribution is 2.28. The molecular formula is C22H25ClFN7OS. The van der Waals surface area contributed by atoms with Crippen LogP contribution in [0.3, 0.4) is 0 Å². The Morgan fingerprint density at radius 1 is 1.21 bits per heavy atom. The first kappa shape index (κ1) is 23.3. The van der Waals surface area contributed by atoms with Gasteiger partial charge >= 0.3 is 0 Å². The van der Waals surface area contributed by atoms with Gasteiger partial charge in [0, 0.05) is 38.8 Å². The molecule has 0 unspecified atom stereocenters. The monoisotopic (exact) mass is 488 g/mol. The van der Waals surface area contributed by atoms with Crippen molar-refractivity contribution in [3.05, 3.63) is 51.7 Å². The number of piperazine rings is 1. The average molecular weight is 489 g/mol. The van der Waals surface area contributed by atoms with Crippen LogP contribution in [0.5, 0.6) is 0 Å². The topological polar surface area (TPSA) is 86.3 Å². The molecule has 0 atom stereocenters. The summed E-state index contributed by atoms with van der Waals surface area (Å²) in [6.45, 7) is 7.01. The molecular weight excluding hydrogens is 464 g/mol. The molecule has 33 heavy (non-hydrogen) atoms. The molecule has 2 N–H and O–H groups in total. The second kappa shape index (κ2) is 10.4. The summed E-state index contributed by atoms with van der Waals surface area (Å²) in [5, 5.41) is 7.07. The predicted molar refractivity (Wildman–Crippen MR) is 131 cm³/mol. The molecule has 8 nitrogen and oxygen atoms in total. The van der Waals surface area contributed by atoms with Gasteiger partial charge in [-0.3, -0.25) is 9.69 Å². The van der Waals surface area contributed by atoms with Gasteiger partial charge in [-0.15, -0.1) is 0 Å². The first-order valence-corrected chi connectivity index (χ1v) is 11.8. The summed E-state index contributed by atoms with van der Waals surface area (Å²) in [6, 6.07) is 7.33. The largest absolute Gasteiger partial charge is 0.354 e. The van der Waals surface area contributed by atoms with Crippen LogP contribution < -0.4 is 15.5 Å². The maximum absolute atomic E-state index is 12.7. The molecule has 3 aromatic rings. The quantitative estimate of drug-likeness (QED) is 0.513. The normalized spacial score (nSPS) is 14.4. The number of alkyl halides is 1. The van der Waals surface area contributed by atoms with Crippen molar-refractivity contribution >= 4 is 51.3 Å². The van der Waals surface area contributed by atoms with E-state index >= 15 is 0 Å². The van der Waals surface area contributed by atoms with Crippen LogP contribution in [0.4, 0.5) is 26.8 Å². The molecule has 0 radical (unpaired) electrons. The van der Waals surface area contributed by atoms with Crippen molar-refractivity contribution in [2.24, 2.45) is 0 Å². The van der Waals surface area contributed by atoms with Crippen molar-refractivity contribution in [3.8, 4) is 0 Å². The molecule has 11 heteroatoms. The number of carbonyl (C=O) groups excluding carboxylic acids is 1. The maximum atomic E-state index is 12.7. The summed E-state index contributed by atoms with van der Waals surface area (Å²) in [6.07, 6.45) is 1.52. The molecule has 2 aromatic heterocycles. The Morgan fingerprint density at radius 3 is 2.73 bits per heavy atom. The Kier molecular flexibility index (Phi) is 7.36. The Hall–Kier alpha value is -2.82. The number of thiazole rings is 1. The van der Waals surface area contributed by atoms with Crippen molar-refractivity contribution in [2.75, 3.05) is 54.9 Å². The fraction of sp³-hybridized carbons (Fsp3) is 0.364. The number of benzene rings is 1. The lowest BCUT2D eigenvalue weighted by atomic mass is 10.2. The second-order valence-electron chi connectivity index (χ2n) is 7.72. The Bertz CT molecular complexity index is 1110. The molecule has 0 spiro atoms. The number of hydrogen-bond acceptors (Lipinski definition) is 8. The Morgan fingerprint density at radius 2 is 2.00 bits per heavy atom. The highest BCUT2D eigenvalue weighted by Gasteiger charge is 2.19. The van der Waals surface area contributed by atoms with Gasteiger partial charge in [0.2, 0.25) is 0 Å². The molecule has 1 aromatic carbocycles. The minimum absolute atomic E-state index is 0.276. The summed E-state index contributed by atoms with van der Waals surface area (Å²) in [7, 11) is 0. The SMILES string of the molecule is Cc1nc(Nc2ncc(C(=O)Nc3c(C)cccc3Cl)s2)cc(N2CCN(CC[18F])CC2)n1. The molecule has 1 amide bonds. The van der Waals surface area contributed by atoms with E-state index in [0.29, 0.717) is 38.9 Å². The van der Waals surface area contributed by atoms with Crippen LogP contribution in [0, 0.1) is 13.8 Å². The molecule has 1 saturated heterocycles. The third-order valence-corrected chi connectivity index (χ3v) is 6.57. The van der Waals surface area contributed by atoms with Gasteiger partial charge in [-0.25, -0.2) is 19.3 Å². The Labute approximate surface area is 200 Å². The second-order valence-corrected chi connectivity index (χ2v) is 9.15. The molecule has 174 valence electrons. The fourth-order valence-corrected chi connectivity index (χ4v) is 4.60. The zero-order valence-electron chi connectivity index (χ0n) is 18.4. The van der Waals surface area contributed by atoms with Gasteiger partial charge < -0.3 is 15.5 Å². The van der Waals surface area contributed by atoms with Crippen molar-refractivity contribution in [1.29, 1.82) is 0 Å². The van der Waals surface area contributed by atoms with Crippen LogP contribution in [-0.2, 0) is 0 Å². The van der Waals surface area contributed by atoms with Crippen LogP contribution in [0.2, 0.25) is 5.02 Å². The summed E-state index contributed by atoms with van der Waals surface area (Å²) < 4.78 is 12.6. The average Bonchev–Trinajstić information content (AvgIpc) is 3.25. The molecule has 0 bridgehead atoms. The van der Waals surface area contributed by atoms with Gasteiger partial charge in [0.05, 0.1) is 16.9 Å². The van der Waals surface area contributed by atoms with E-state index < -0.39 is 0 Å². The van der Waals surface area contributed by atoms with E-state index in [-0.39, 0.29) is 12.6 Å². The molecule has 3 heterocycles. The number of carbonyl (C=O) groups is 1. The minimum Gasteiger partial charge on any atom is -0.354 e. The number of nitrogens with zero attached hydrogens (tertiary/aromatic N) is 5. The van der Waals surface area contributed by atoms with E-state index in [4.69, 9.17) is 11.6 Å². The van der Waals surface area contributed by atoms with Gasteiger partial charge in [0.25, 0.3) is 5.91 Å². The van der Waals surface area contributed by atoms with E-state index in [1.165, 1.54) is 17.5 Å².